The molecule has 2 heteroatoms. The van der Waals surface area contributed by atoms with Crippen LogP contribution in [0.15, 0.2) is 60.7 Å². The zero-order chi connectivity index (χ0) is 15.2. The molecule has 3 aromatic carbocycles. The van der Waals surface area contributed by atoms with Crippen LogP contribution in [-0.4, -0.2) is 19.3 Å². The summed E-state index contributed by atoms with van der Waals surface area (Å²) in [5.41, 5.74) is 5.39. The maximum atomic E-state index is 6.34. The number of hydrogen-bond acceptors (Lipinski definition) is 2. The van der Waals surface area contributed by atoms with Gasteiger partial charge in [-0.15, -0.1) is 0 Å². The molecule has 2 atom stereocenters. The molecule has 2 aliphatic rings. The minimum Gasteiger partial charge on any atom is -0.371 e. The van der Waals surface area contributed by atoms with Gasteiger partial charge >= 0.3 is 0 Å². The number of benzene rings is 3. The number of ether oxygens (including phenoxy) is 2. The lowest BCUT2D eigenvalue weighted by Crippen LogP contribution is -2.18. The van der Waals surface area contributed by atoms with Crippen molar-refractivity contribution in [3.63, 3.8) is 0 Å². The average Bonchev–Trinajstić information content (AvgIpc) is 3.43. The van der Waals surface area contributed by atoms with Crippen molar-refractivity contribution in [2.45, 2.75) is 18.6 Å². The lowest BCUT2D eigenvalue weighted by molar-refractivity contribution is 0.0658. The van der Waals surface area contributed by atoms with Gasteiger partial charge in [0.15, 0.2) is 0 Å². The van der Waals surface area contributed by atoms with Crippen LogP contribution in [0, 0.1) is 0 Å². The predicted molar refractivity (Wildman–Crippen MR) is 90.7 cm³/mol. The summed E-state index contributed by atoms with van der Waals surface area (Å²) in [6.45, 7) is 1.50. The van der Waals surface area contributed by atoms with Crippen LogP contribution in [0.2, 0.25) is 0 Å². The van der Waals surface area contributed by atoms with E-state index in [0.29, 0.717) is 6.61 Å². The van der Waals surface area contributed by atoms with Crippen LogP contribution < -0.4 is 0 Å². The Labute approximate surface area is 135 Å². The fourth-order valence-electron chi connectivity index (χ4n) is 3.66. The molecule has 0 amide bonds. The second-order valence-corrected chi connectivity index (χ2v) is 6.40. The average molecular weight is 302 g/mol. The van der Waals surface area contributed by atoms with Crippen molar-refractivity contribution in [1.29, 1.82) is 0 Å². The van der Waals surface area contributed by atoms with Gasteiger partial charge in [-0.05, 0) is 39.4 Å². The molecule has 3 aromatic rings. The molecule has 1 fully saturated rings. The Bertz CT molecular complexity index is 880. The van der Waals surface area contributed by atoms with Gasteiger partial charge < -0.3 is 9.47 Å². The molecule has 0 N–H and O–H groups in total. The molecule has 0 spiro atoms. The molecule has 5 rings (SSSR count). The molecule has 0 radical (unpaired) electrons. The van der Waals surface area contributed by atoms with Gasteiger partial charge in [0.2, 0.25) is 0 Å². The molecule has 1 aliphatic carbocycles. The third-order valence-corrected chi connectivity index (χ3v) is 4.89. The van der Waals surface area contributed by atoms with Crippen molar-refractivity contribution in [3.8, 4) is 0 Å². The van der Waals surface area contributed by atoms with Crippen molar-refractivity contribution in [2.24, 2.45) is 0 Å². The molecule has 1 saturated heterocycles. The first-order valence-corrected chi connectivity index (χ1v) is 8.22. The van der Waals surface area contributed by atoms with Crippen molar-refractivity contribution in [1.82, 2.24) is 0 Å². The normalized spacial score (nSPS) is 21.7. The molecule has 0 saturated carbocycles. The van der Waals surface area contributed by atoms with Crippen LogP contribution in [0.25, 0.3) is 10.8 Å². The third-order valence-electron chi connectivity index (χ3n) is 4.89. The molecular formula is C21H18O2. The Kier molecular flexibility index (Phi) is 3.00. The fourth-order valence-corrected chi connectivity index (χ4v) is 3.66. The van der Waals surface area contributed by atoms with E-state index in [1.54, 1.807) is 0 Å². The minimum atomic E-state index is 0.00486. The van der Waals surface area contributed by atoms with Crippen LogP contribution >= 0.6 is 0 Å². The summed E-state index contributed by atoms with van der Waals surface area (Å²) in [6.07, 6.45) is 1.27. The van der Waals surface area contributed by atoms with Gasteiger partial charge in [0.25, 0.3) is 0 Å². The molecule has 0 aromatic heterocycles. The second kappa shape index (κ2) is 5.19. The maximum Gasteiger partial charge on any atom is 0.109 e. The van der Waals surface area contributed by atoms with Crippen LogP contribution in [0.4, 0.5) is 0 Å². The van der Waals surface area contributed by atoms with E-state index in [2.05, 4.69) is 60.7 Å². The van der Waals surface area contributed by atoms with Crippen molar-refractivity contribution in [3.05, 3.63) is 82.9 Å². The number of hydrogen-bond donors (Lipinski definition) is 0. The Morgan fingerprint density at radius 1 is 0.913 bits per heavy atom. The Hall–Kier alpha value is -2.16. The molecule has 0 bridgehead atoms. The van der Waals surface area contributed by atoms with Crippen LogP contribution in [-0.2, 0) is 15.9 Å². The van der Waals surface area contributed by atoms with E-state index in [4.69, 9.17) is 9.47 Å². The standard InChI is InChI=1S/C21H18O2/c1-3-7-18-14(5-1)9-10-16-11-15-6-2-4-8-19(15)21(20(16)18)23-13-17-12-22-17/h1-10,17,21H,11-13H2. The summed E-state index contributed by atoms with van der Waals surface area (Å²) < 4.78 is 11.7. The first-order valence-electron chi connectivity index (χ1n) is 8.22. The SMILES string of the molecule is c1ccc2c(c1)Cc1ccc3ccccc3c1C2OCC1CO1. The van der Waals surface area contributed by atoms with Gasteiger partial charge in [-0.25, -0.2) is 0 Å². The van der Waals surface area contributed by atoms with E-state index in [1.165, 1.54) is 33.0 Å². The van der Waals surface area contributed by atoms with E-state index in [0.717, 1.165) is 13.0 Å². The van der Waals surface area contributed by atoms with E-state index < -0.39 is 0 Å². The number of fused-ring (bicyclic) bond motifs is 4. The molecule has 1 aliphatic heterocycles. The highest BCUT2D eigenvalue weighted by Gasteiger charge is 2.30. The summed E-state index contributed by atoms with van der Waals surface area (Å²) in [4.78, 5) is 0. The Morgan fingerprint density at radius 3 is 2.65 bits per heavy atom. The summed E-state index contributed by atoms with van der Waals surface area (Å²) >= 11 is 0. The van der Waals surface area contributed by atoms with E-state index >= 15 is 0 Å². The highest BCUT2D eigenvalue weighted by Crippen LogP contribution is 2.41. The lowest BCUT2D eigenvalue weighted by atomic mass is 9.81. The van der Waals surface area contributed by atoms with Gasteiger partial charge in [0.05, 0.1) is 13.2 Å². The topological polar surface area (TPSA) is 21.8 Å². The molecular weight excluding hydrogens is 284 g/mol. The quantitative estimate of drug-likeness (QED) is 0.675. The molecule has 2 nitrogen and oxygen atoms in total. The summed E-state index contributed by atoms with van der Waals surface area (Å²) in [5, 5.41) is 2.59. The maximum absolute atomic E-state index is 6.34. The molecule has 1 heterocycles. The van der Waals surface area contributed by atoms with Gasteiger partial charge in [-0.2, -0.15) is 0 Å². The van der Waals surface area contributed by atoms with Crippen LogP contribution in [0.3, 0.4) is 0 Å². The van der Waals surface area contributed by atoms with E-state index in [9.17, 15) is 0 Å². The summed E-state index contributed by atoms with van der Waals surface area (Å²) in [7, 11) is 0. The zero-order valence-electron chi connectivity index (χ0n) is 12.9. The van der Waals surface area contributed by atoms with Crippen LogP contribution in [0.5, 0.6) is 0 Å². The minimum absolute atomic E-state index is 0.00486. The molecule has 23 heavy (non-hydrogen) atoms. The van der Waals surface area contributed by atoms with Gasteiger partial charge in [0, 0.05) is 0 Å². The second-order valence-electron chi connectivity index (χ2n) is 6.40. The molecule has 114 valence electrons. The van der Waals surface area contributed by atoms with Gasteiger partial charge in [-0.3, -0.25) is 0 Å². The lowest BCUT2D eigenvalue weighted by Gasteiger charge is -2.29. The third kappa shape index (κ3) is 2.26. The summed E-state index contributed by atoms with van der Waals surface area (Å²) in [6, 6.07) is 21.7. The first kappa shape index (κ1) is 13.3. The highest BCUT2D eigenvalue weighted by atomic mass is 16.6. The molecule has 2 unspecified atom stereocenters. The monoisotopic (exact) mass is 302 g/mol. The highest BCUT2D eigenvalue weighted by molar-refractivity contribution is 5.88. The van der Waals surface area contributed by atoms with Crippen molar-refractivity contribution >= 4 is 10.8 Å². The summed E-state index contributed by atoms with van der Waals surface area (Å²) in [5.74, 6) is 0. The fraction of sp³-hybridized carbons (Fsp3) is 0.238. The Balaban J connectivity index is 1.69. The Morgan fingerprint density at radius 2 is 1.74 bits per heavy atom. The van der Waals surface area contributed by atoms with Crippen molar-refractivity contribution < 1.29 is 9.47 Å². The number of epoxide rings is 1. The smallest absolute Gasteiger partial charge is 0.109 e. The van der Waals surface area contributed by atoms with E-state index in [-0.39, 0.29) is 12.2 Å². The van der Waals surface area contributed by atoms with Gasteiger partial charge in [0.1, 0.15) is 12.2 Å². The van der Waals surface area contributed by atoms with Gasteiger partial charge in [-0.1, -0.05) is 60.7 Å². The van der Waals surface area contributed by atoms with Crippen molar-refractivity contribution in [2.75, 3.05) is 13.2 Å². The number of rotatable bonds is 3. The van der Waals surface area contributed by atoms with E-state index in [1.807, 2.05) is 0 Å². The largest absolute Gasteiger partial charge is 0.371 e. The first-order chi connectivity index (χ1) is 11.4. The van der Waals surface area contributed by atoms with Crippen LogP contribution in [0.1, 0.15) is 28.4 Å². The predicted octanol–water partition coefficient (Wildman–Crippen LogP) is 4.25. The zero-order valence-corrected chi connectivity index (χ0v) is 12.9.